The first-order chi connectivity index (χ1) is 14.3. The van der Waals surface area contributed by atoms with Crippen LogP contribution in [-0.4, -0.2) is 43.0 Å². The van der Waals surface area contributed by atoms with Crippen LogP contribution in [0.15, 0.2) is 59.5 Å². The van der Waals surface area contributed by atoms with Crippen molar-refractivity contribution in [2.75, 3.05) is 0 Å². The van der Waals surface area contributed by atoms with Gasteiger partial charge in [0.25, 0.3) is 17.5 Å². The number of hydrogen-bond acceptors (Lipinski definition) is 5. The first-order valence-corrected chi connectivity index (χ1v) is 10.1. The molecule has 4 amide bonds. The van der Waals surface area contributed by atoms with E-state index in [0.29, 0.717) is 0 Å². The Morgan fingerprint density at radius 3 is 2.16 bits per heavy atom. The van der Waals surface area contributed by atoms with Crippen molar-refractivity contribution in [1.29, 1.82) is 0 Å². The lowest BCUT2D eigenvalue weighted by Gasteiger charge is -2.29. The number of sulfonamides is 1. The van der Waals surface area contributed by atoms with E-state index in [2.05, 4.69) is 0 Å². The molecule has 1 aliphatic heterocycles. The van der Waals surface area contributed by atoms with E-state index in [0.717, 1.165) is 12.1 Å². The summed E-state index contributed by atoms with van der Waals surface area (Å²) in [4.78, 5) is 37.2. The Balaban J connectivity index is 1.89. The quantitative estimate of drug-likeness (QED) is 0.578. The predicted molar refractivity (Wildman–Crippen MR) is 99.6 cm³/mol. The number of imide groups is 1. The smallest absolute Gasteiger partial charge is 0.314 e. The van der Waals surface area contributed by atoms with Gasteiger partial charge in [-0.1, -0.05) is 30.3 Å². The number of rotatable bonds is 5. The maximum absolute atomic E-state index is 13.9. The van der Waals surface area contributed by atoms with E-state index >= 15 is 0 Å². The third kappa shape index (κ3) is 4.22. The lowest BCUT2D eigenvalue weighted by atomic mass is 10.1. The molecular weight excluding hydrogens is 441 g/mol. The summed E-state index contributed by atoms with van der Waals surface area (Å²) in [5.74, 6) is -2.95. The topological polar surface area (TPSA) is 139 Å². The molecular formula is C18H15F3N4O5S. The van der Waals surface area contributed by atoms with Crippen molar-refractivity contribution in [2.45, 2.75) is 23.3 Å². The highest BCUT2D eigenvalue weighted by atomic mass is 32.2. The summed E-state index contributed by atoms with van der Waals surface area (Å²) in [6.45, 7) is -0.603. The zero-order valence-electron chi connectivity index (χ0n) is 15.5. The molecule has 0 radical (unpaired) electrons. The van der Waals surface area contributed by atoms with Crippen molar-refractivity contribution in [3.8, 4) is 0 Å². The molecule has 2 aromatic carbocycles. The SMILES string of the molecule is NS(=O)(=O)c1ccc(CN2C(=O)N[C@](NC(=O)c3ccccc3)(C(F)(F)F)C2=O)cc1. The van der Waals surface area contributed by atoms with E-state index in [-0.39, 0.29) is 20.9 Å². The zero-order chi connectivity index (χ0) is 23.0. The Labute approximate surface area is 174 Å². The summed E-state index contributed by atoms with van der Waals surface area (Å²) >= 11 is 0. The maximum Gasteiger partial charge on any atom is 0.440 e. The van der Waals surface area contributed by atoms with Crippen LogP contribution in [0, 0.1) is 0 Å². The molecule has 0 aromatic heterocycles. The molecule has 4 N–H and O–H groups in total. The van der Waals surface area contributed by atoms with Crippen LogP contribution in [0.25, 0.3) is 0 Å². The van der Waals surface area contributed by atoms with Crippen molar-refractivity contribution in [3.63, 3.8) is 0 Å². The third-order valence-electron chi connectivity index (χ3n) is 4.46. The number of amides is 4. The minimum absolute atomic E-state index is 0.148. The Hall–Kier alpha value is -3.45. The van der Waals surface area contributed by atoms with Gasteiger partial charge in [0.1, 0.15) is 0 Å². The van der Waals surface area contributed by atoms with Crippen molar-refractivity contribution in [2.24, 2.45) is 5.14 Å². The number of carbonyl (C=O) groups excluding carboxylic acids is 3. The molecule has 0 spiro atoms. The molecule has 31 heavy (non-hydrogen) atoms. The van der Waals surface area contributed by atoms with Gasteiger partial charge >= 0.3 is 12.2 Å². The standard InChI is InChI=1S/C18H15F3N4O5S/c19-18(20,21)17(23-14(26)12-4-2-1-3-5-12)15(27)25(16(28)24-17)10-11-6-8-13(9-7-11)31(22,29)30/h1-9H,10H2,(H,23,26)(H,24,28)(H2,22,29,30)/t17-/m0/s1. The van der Waals surface area contributed by atoms with Crippen LogP contribution in [0.2, 0.25) is 0 Å². The van der Waals surface area contributed by atoms with Crippen LogP contribution in [0.5, 0.6) is 0 Å². The molecule has 1 saturated heterocycles. The number of primary sulfonamides is 1. The average Bonchev–Trinajstić information content (AvgIpc) is 2.93. The second kappa shape index (κ2) is 7.67. The summed E-state index contributed by atoms with van der Waals surface area (Å²) in [6, 6.07) is 10.0. The second-order valence-corrected chi connectivity index (χ2v) is 8.14. The van der Waals surface area contributed by atoms with E-state index in [1.165, 1.54) is 41.7 Å². The Morgan fingerprint density at radius 2 is 1.65 bits per heavy atom. The summed E-state index contributed by atoms with van der Waals surface area (Å²) in [6.07, 6.45) is -5.35. The number of nitrogens with zero attached hydrogens (tertiary/aromatic N) is 1. The summed E-state index contributed by atoms with van der Waals surface area (Å²) in [5, 5.41) is 8.09. The van der Waals surface area contributed by atoms with Gasteiger partial charge in [-0.3, -0.25) is 19.8 Å². The monoisotopic (exact) mass is 456 g/mol. The van der Waals surface area contributed by atoms with Gasteiger partial charge in [0.05, 0.1) is 11.4 Å². The van der Waals surface area contributed by atoms with Crippen LogP contribution in [-0.2, 0) is 21.4 Å². The molecule has 0 aliphatic carbocycles. The van der Waals surface area contributed by atoms with Gasteiger partial charge in [-0.25, -0.2) is 18.4 Å². The van der Waals surface area contributed by atoms with Crippen LogP contribution in [0.3, 0.4) is 0 Å². The number of alkyl halides is 3. The number of nitrogens with one attached hydrogen (secondary N) is 2. The third-order valence-corrected chi connectivity index (χ3v) is 5.39. The molecule has 2 aromatic rings. The number of hydrogen-bond donors (Lipinski definition) is 3. The molecule has 0 saturated carbocycles. The molecule has 164 valence electrons. The van der Waals surface area contributed by atoms with Crippen molar-refractivity contribution in [3.05, 3.63) is 65.7 Å². The number of halogens is 3. The van der Waals surface area contributed by atoms with Crippen LogP contribution in [0.1, 0.15) is 15.9 Å². The number of carbonyl (C=O) groups is 3. The van der Waals surface area contributed by atoms with Crippen molar-refractivity contribution >= 4 is 27.9 Å². The average molecular weight is 456 g/mol. The highest BCUT2D eigenvalue weighted by molar-refractivity contribution is 7.89. The summed E-state index contributed by atoms with van der Waals surface area (Å²) in [5.41, 5.74) is -3.65. The van der Waals surface area contributed by atoms with Crippen molar-refractivity contribution in [1.82, 2.24) is 15.5 Å². The summed E-state index contributed by atoms with van der Waals surface area (Å²) < 4.78 is 64.1. The largest absolute Gasteiger partial charge is 0.440 e. The fraction of sp³-hybridized carbons (Fsp3) is 0.167. The van der Waals surface area contributed by atoms with Gasteiger partial charge in [-0.2, -0.15) is 13.2 Å². The molecule has 0 unspecified atom stereocenters. The fourth-order valence-electron chi connectivity index (χ4n) is 2.87. The first-order valence-electron chi connectivity index (χ1n) is 8.55. The van der Waals surface area contributed by atoms with Gasteiger partial charge in [0.2, 0.25) is 10.0 Å². The minimum atomic E-state index is -5.35. The lowest BCUT2D eigenvalue weighted by molar-refractivity contribution is -0.200. The highest BCUT2D eigenvalue weighted by Crippen LogP contribution is 2.34. The number of nitrogens with two attached hydrogens (primary N) is 1. The van der Waals surface area contributed by atoms with Gasteiger partial charge in [-0.15, -0.1) is 0 Å². The Morgan fingerprint density at radius 1 is 1.06 bits per heavy atom. The van der Waals surface area contributed by atoms with Crippen LogP contribution in [0.4, 0.5) is 18.0 Å². The number of benzene rings is 2. The molecule has 13 heteroatoms. The maximum atomic E-state index is 13.9. The van der Waals surface area contributed by atoms with E-state index in [1.807, 2.05) is 0 Å². The van der Waals surface area contributed by atoms with Crippen LogP contribution < -0.4 is 15.8 Å². The molecule has 0 bridgehead atoms. The van der Waals surface area contributed by atoms with E-state index in [1.54, 1.807) is 11.4 Å². The van der Waals surface area contributed by atoms with Gasteiger partial charge in [0.15, 0.2) is 0 Å². The van der Waals surface area contributed by atoms with Crippen molar-refractivity contribution < 1.29 is 36.0 Å². The minimum Gasteiger partial charge on any atom is -0.314 e. The molecule has 1 fully saturated rings. The Bertz CT molecular complexity index is 1140. The van der Waals surface area contributed by atoms with Gasteiger partial charge in [-0.05, 0) is 29.8 Å². The van der Waals surface area contributed by atoms with Crippen LogP contribution >= 0.6 is 0 Å². The van der Waals surface area contributed by atoms with Gasteiger partial charge in [0, 0.05) is 5.56 Å². The second-order valence-electron chi connectivity index (χ2n) is 6.58. The summed E-state index contributed by atoms with van der Waals surface area (Å²) in [7, 11) is -4.00. The normalized spacial score (nSPS) is 19.3. The molecule has 9 nitrogen and oxygen atoms in total. The lowest BCUT2D eigenvalue weighted by Crippen LogP contribution is -2.69. The van der Waals surface area contributed by atoms with E-state index in [9.17, 15) is 36.0 Å². The zero-order valence-corrected chi connectivity index (χ0v) is 16.3. The number of urea groups is 1. The molecule has 1 heterocycles. The first kappa shape index (κ1) is 22.2. The molecule has 1 aliphatic rings. The Kier molecular flexibility index (Phi) is 5.50. The molecule has 3 rings (SSSR count). The van der Waals surface area contributed by atoms with E-state index < -0.39 is 46.3 Å². The van der Waals surface area contributed by atoms with Gasteiger partial charge < -0.3 is 5.32 Å². The highest BCUT2D eigenvalue weighted by Gasteiger charge is 2.68. The molecule has 1 atom stereocenters. The fourth-order valence-corrected chi connectivity index (χ4v) is 3.38. The van der Waals surface area contributed by atoms with E-state index in [4.69, 9.17) is 5.14 Å². The predicted octanol–water partition coefficient (Wildman–Crippen LogP) is 1.07.